The lowest BCUT2D eigenvalue weighted by molar-refractivity contribution is -0.129. The minimum Gasteiger partial charge on any atom is -0.447 e. The maximum Gasteiger partial charge on any atom is 0.416 e. The summed E-state index contributed by atoms with van der Waals surface area (Å²) in [4.78, 5) is 25.2. The van der Waals surface area contributed by atoms with Gasteiger partial charge in [-0.15, -0.1) is 0 Å². The van der Waals surface area contributed by atoms with Gasteiger partial charge in [0.2, 0.25) is 5.91 Å². The molecule has 1 aliphatic heterocycles. The molecule has 4 heteroatoms. The lowest BCUT2D eigenvalue weighted by Gasteiger charge is -2.22. The van der Waals surface area contributed by atoms with Crippen molar-refractivity contribution >= 4 is 12.0 Å². The number of cyclic esters (lactones) is 1. The summed E-state index contributed by atoms with van der Waals surface area (Å²) in [5.74, 6) is 0.0125. The van der Waals surface area contributed by atoms with Crippen molar-refractivity contribution < 1.29 is 14.3 Å². The molecule has 102 valence electrons. The van der Waals surface area contributed by atoms with E-state index in [1.54, 1.807) is 0 Å². The Hall–Kier alpha value is -1.84. The first-order valence-corrected chi connectivity index (χ1v) is 6.53. The van der Waals surface area contributed by atoms with Gasteiger partial charge in [0.15, 0.2) is 0 Å². The fourth-order valence-electron chi connectivity index (χ4n) is 2.18. The molecule has 1 atom stereocenters. The first-order valence-electron chi connectivity index (χ1n) is 6.53. The highest BCUT2D eigenvalue weighted by atomic mass is 16.6. The molecule has 4 nitrogen and oxygen atoms in total. The summed E-state index contributed by atoms with van der Waals surface area (Å²) in [5, 5.41) is 0. The second kappa shape index (κ2) is 5.43. The Bertz CT molecular complexity index is 479. The average molecular weight is 261 g/mol. The second-order valence-corrected chi connectivity index (χ2v) is 5.31. The topological polar surface area (TPSA) is 46.6 Å². The van der Waals surface area contributed by atoms with Gasteiger partial charge in [-0.05, 0) is 18.4 Å². The molecule has 0 bridgehead atoms. The van der Waals surface area contributed by atoms with Crippen LogP contribution in [0.3, 0.4) is 0 Å². The zero-order valence-corrected chi connectivity index (χ0v) is 11.6. The zero-order chi connectivity index (χ0) is 14.0. The van der Waals surface area contributed by atoms with E-state index in [-0.39, 0.29) is 24.3 Å². The van der Waals surface area contributed by atoms with Crippen LogP contribution in [0.25, 0.3) is 0 Å². The van der Waals surface area contributed by atoms with E-state index >= 15 is 0 Å². The lowest BCUT2D eigenvalue weighted by Crippen LogP contribution is -2.42. The molecular weight excluding hydrogens is 242 g/mol. The number of amides is 2. The number of hydrogen-bond acceptors (Lipinski definition) is 3. The van der Waals surface area contributed by atoms with Gasteiger partial charge in [0, 0.05) is 0 Å². The molecule has 1 heterocycles. The van der Waals surface area contributed by atoms with Crippen molar-refractivity contribution in [3.8, 4) is 0 Å². The summed E-state index contributed by atoms with van der Waals surface area (Å²) < 4.78 is 4.98. The number of ether oxygens (including phenoxy) is 1. The fraction of sp³-hybridized carbons (Fsp3) is 0.467. The number of rotatable bonds is 3. The van der Waals surface area contributed by atoms with E-state index in [1.807, 2.05) is 45.0 Å². The molecule has 19 heavy (non-hydrogen) atoms. The Balaban J connectivity index is 2.10. The van der Waals surface area contributed by atoms with Gasteiger partial charge in [0.1, 0.15) is 6.61 Å². The maximum atomic E-state index is 12.3. The zero-order valence-electron chi connectivity index (χ0n) is 11.6. The Morgan fingerprint density at radius 3 is 2.58 bits per heavy atom. The van der Waals surface area contributed by atoms with Crippen LogP contribution in [-0.4, -0.2) is 29.5 Å². The van der Waals surface area contributed by atoms with E-state index < -0.39 is 6.09 Å². The number of imide groups is 1. The summed E-state index contributed by atoms with van der Waals surface area (Å²) in [6.07, 6.45) is -0.283. The molecule has 0 N–H and O–H groups in total. The number of aryl methyl sites for hydroxylation is 1. The molecule has 1 aliphatic rings. The van der Waals surface area contributed by atoms with Crippen molar-refractivity contribution in [1.82, 2.24) is 4.90 Å². The minimum atomic E-state index is -0.518. The van der Waals surface area contributed by atoms with Crippen LogP contribution in [0, 0.1) is 12.8 Å². The molecular formula is C15H19NO3. The predicted octanol–water partition coefficient (Wildman–Crippen LogP) is 2.54. The first-order chi connectivity index (χ1) is 8.99. The third-order valence-electron chi connectivity index (χ3n) is 3.42. The van der Waals surface area contributed by atoms with Gasteiger partial charge in [-0.1, -0.05) is 43.7 Å². The number of carbonyl (C=O) groups is 2. The van der Waals surface area contributed by atoms with Crippen LogP contribution in [0.4, 0.5) is 4.79 Å². The molecule has 0 unspecified atom stereocenters. The van der Waals surface area contributed by atoms with Crippen molar-refractivity contribution in [2.75, 3.05) is 6.61 Å². The summed E-state index contributed by atoms with van der Waals surface area (Å²) in [6.45, 7) is 6.27. The average Bonchev–Trinajstić information content (AvgIpc) is 2.74. The summed E-state index contributed by atoms with van der Waals surface area (Å²) in [6, 6.07) is 7.61. The molecule has 2 amide bonds. The van der Waals surface area contributed by atoms with E-state index in [0.717, 1.165) is 11.1 Å². The Morgan fingerprint density at radius 1 is 1.37 bits per heavy atom. The van der Waals surface area contributed by atoms with Crippen molar-refractivity contribution in [2.45, 2.75) is 33.2 Å². The van der Waals surface area contributed by atoms with Crippen LogP contribution in [0.2, 0.25) is 0 Å². The third-order valence-corrected chi connectivity index (χ3v) is 3.42. The summed E-state index contributed by atoms with van der Waals surface area (Å²) >= 11 is 0. The molecule has 1 aromatic carbocycles. The van der Waals surface area contributed by atoms with Gasteiger partial charge < -0.3 is 4.74 Å². The Kier molecular flexibility index (Phi) is 3.88. The molecule has 0 aliphatic carbocycles. The highest BCUT2D eigenvalue weighted by molar-refractivity contribution is 5.94. The van der Waals surface area contributed by atoms with Crippen molar-refractivity contribution in [3.63, 3.8) is 0 Å². The molecule has 2 rings (SSSR count). The summed E-state index contributed by atoms with van der Waals surface area (Å²) in [7, 11) is 0. The standard InChI is InChI=1S/C15H19NO3/c1-10(2)13-9-19-15(18)16(13)14(17)8-12-6-4-11(3)5-7-12/h4-7,10,13H,8-9H2,1-3H3/t13-/m1/s1. The quantitative estimate of drug-likeness (QED) is 0.840. The largest absolute Gasteiger partial charge is 0.447 e. The number of nitrogens with zero attached hydrogens (tertiary/aromatic N) is 1. The normalized spacial score (nSPS) is 18.8. The van der Waals surface area contributed by atoms with Gasteiger partial charge >= 0.3 is 6.09 Å². The van der Waals surface area contributed by atoms with E-state index in [4.69, 9.17) is 4.74 Å². The van der Waals surface area contributed by atoms with Gasteiger partial charge in [-0.3, -0.25) is 4.79 Å². The molecule has 0 aromatic heterocycles. The minimum absolute atomic E-state index is 0.148. The van der Waals surface area contributed by atoms with E-state index in [0.29, 0.717) is 6.61 Å². The maximum absolute atomic E-state index is 12.3. The van der Waals surface area contributed by atoms with Gasteiger partial charge in [0.05, 0.1) is 12.5 Å². The van der Waals surface area contributed by atoms with Crippen molar-refractivity contribution in [1.29, 1.82) is 0 Å². The van der Waals surface area contributed by atoms with Gasteiger partial charge in [-0.2, -0.15) is 0 Å². The fourth-order valence-corrected chi connectivity index (χ4v) is 2.18. The van der Waals surface area contributed by atoms with Gasteiger partial charge in [-0.25, -0.2) is 9.69 Å². The molecule has 1 aromatic rings. The third kappa shape index (κ3) is 2.95. The monoisotopic (exact) mass is 261 g/mol. The molecule has 0 spiro atoms. The highest BCUT2D eigenvalue weighted by Gasteiger charge is 2.39. The lowest BCUT2D eigenvalue weighted by atomic mass is 10.0. The van der Waals surface area contributed by atoms with E-state index in [9.17, 15) is 9.59 Å². The van der Waals surface area contributed by atoms with Crippen LogP contribution >= 0.6 is 0 Å². The molecule has 1 fully saturated rings. The van der Waals surface area contributed by atoms with Crippen LogP contribution < -0.4 is 0 Å². The predicted molar refractivity (Wildman–Crippen MR) is 71.7 cm³/mol. The number of benzene rings is 1. The van der Waals surface area contributed by atoms with Crippen LogP contribution in [0.5, 0.6) is 0 Å². The second-order valence-electron chi connectivity index (χ2n) is 5.31. The SMILES string of the molecule is Cc1ccc(CC(=O)N2C(=O)OC[C@@H]2C(C)C)cc1. The molecule has 0 saturated carbocycles. The van der Waals surface area contributed by atoms with Crippen molar-refractivity contribution in [2.24, 2.45) is 5.92 Å². The Labute approximate surface area is 113 Å². The summed E-state index contributed by atoms with van der Waals surface area (Å²) in [5.41, 5.74) is 2.06. The van der Waals surface area contributed by atoms with Crippen LogP contribution in [0.1, 0.15) is 25.0 Å². The van der Waals surface area contributed by atoms with Gasteiger partial charge in [0.25, 0.3) is 0 Å². The Morgan fingerprint density at radius 2 is 2.00 bits per heavy atom. The van der Waals surface area contributed by atoms with Crippen molar-refractivity contribution in [3.05, 3.63) is 35.4 Å². The van der Waals surface area contributed by atoms with Crippen LogP contribution in [-0.2, 0) is 16.0 Å². The number of carbonyl (C=O) groups excluding carboxylic acids is 2. The van der Waals surface area contributed by atoms with E-state index in [2.05, 4.69) is 0 Å². The van der Waals surface area contributed by atoms with Crippen LogP contribution in [0.15, 0.2) is 24.3 Å². The molecule has 0 radical (unpaired) electrons. The first kappa shape index (κ1) is 13.6. The number of hydrogen-bond donors (Lipinski definition) is 0. The smallest absolute Gasteiger partial charge is 0.416 e. The highest BCUT2D eigenvalue weighted by Crippen LogP contribution is 2.20. The molecule has 1 saturated heterocycles. The van der Waals surface area contributed by atoms with E-state index in [1.165, 1.54) is 4.90 Å².